The summed E-state index contributed by atoms with van der Waals surface area (Å²) in [5.41, 5.74) is 0.768. The molecular formula is C16H14NOP. The molecule has 2 aromatic carbocycles. The molecule has 1 aromatic heterocycles. The van der Waals surface area contributed by atoms with Gasteiger partial charge in [0, 0.05) is 16.8 Å². The Morgan fingerprint density at radius 1 is 0.684 bits per heavy atom. The van der Waals surface area contributed by atoms with E-state index < -0.39 is 7.14 Å². The Balaban J connectivity index is 2.26. The van der Waals surface area contributed by atoms with Crippen molar-refractivity contribution < 1.29 is 4.57 Å². The van der Waals surface area contributed by atoms with Crippen LogP contribution in [0.2, 0.25) is 0 Å². The zero-order chi connectivity index (χ0) is 13.1. The van der Waals surface area contributed by atoms with E-state index >= 15 is 0 Å². The van der Waals surface area contributed by atoms with Crippen molar-refractivity contribution in [3.63, 3.8) is 0 Å². The van der Waals surface area contributed by atoms with Crippen LogP contribution in [-0.2, 0) is 4.57 Å². The van der Waals surface area contributed by atoms with Gasteiger partial charge in [0.1, 0.15) is 0 Å². The first kappa shape index (κ1) is 12.0. The zero-order valence-corrected chi connectivity index (χ0v) is 11.3. The van der Waals surface area contributed by atoms with Gasteiger partial charge in [0.05, 0.1) is 5.44 Å². The second-order valence-corrected chi connectivity index (χ2v) is 7.07. The van der Waals surface area contributed by atoms with Crippen molar-refractivity contribution in [1.82, 2.24) is 4.98 Å². The fraction of sp³-hybridized carbons (Fsp3) is 0. The number of aromatic amines is 1. The van der Waals surface area contributed by atoms with Crippen LogP contribution < -0.4 is 16.0 Å². The Labute approximate surface area is 112 Å². The number of benzene rings is 2. The highest BCUT2D eigenvalue weighted by atomic mass is 31.2. The molecule has 3 rings (SSSR count). The molecular weight excluding hydrogens is 253 g/mol. The first-order valence-electron chi connectivity index (χ1n) is 6.17. The van der Waals surface area contributed by atoms with E-state index in [0.29, 0.717) is 0 Å². The van der Waals surface area contributed by atoms with E-state index in [9.17, 15) is 4.57 Å². The minimum Gasteiger partial charge on any atom is -0.358 e. The lowest BCUT2D eigenvalue weighted by molar-refractivity contribution is 0.592. The first-order valence-corrected chi connectivity index (χ1v) is 7.88. The second kappa shape index (κ2) is 4.91. The van der Waals surface area contributed by atoms with E-state index in [0.717, 1.165) is 16.0 Å². The van der Waals surface area contributed by atoms with E-state index in [1.54, 1.807) is 0 Å². The Morgan fingerprint density at radius 2 is 1.21 bits per heavy atom. The molecule has 0 aliphatic rings. The molecule has 0 fully saturated rings. The van der Waals surface area contributed by atoms with E-state index in [2.05, 4.69) is 4.98 Å². The molecule has 0 saturated heterocycles. The van der Waals surface area contributed by atoms with Gasteiger partial charge in [-0.2, -0.15) is 0 Å². The molecule has 0 aliphatic carbocycles. The lowest BCUT2D eigenvalue weighted by atomic mass is 10.4. The predicted octanol–water partition coefficient (Wildman–Crippen LogP) is 2.65. The summed E-state index contributed by atoms with van der Waals surface area (Å²) in [6.07, 6.45) is 1.81. The van der Waals surface area contributed by atoms with Crippen LogP contribution in [0.25, 0.3) is 0 Å². The highest BCUT2D eigenvalue weighted by molar-refractivity contribution is 7.85. The van der Waals surface area contributed by atoms with Crippen LogP contribution in [0.15, 0.2) is 79.0 Å². The normalized spacial score (nSPS) is 11.4. The maximum absolute atomic E-state index is 13.6. The first-order chi connectivity index (χ1) is 9.32. The fourth-order valence-electron chi connectivity index (χ4n) is 2.22. The van der Waals surface area contributed by atoms with E-state index in [1.165, 1.54) is 0 Å². The van der Waals surface area contributed by atoms with Gasteiger partial charge in [0.15, 0.2) is 7.14 Å². The number of H-pyrrole nitrogens is 1. The molecule has 2 nitrogen and oxygen atoms in total. The SMILES string of the molecule is O=P(c1ccccc1)(c1ccccc1)c1ccc[nH]1. The molecule has 0 saturated carbocycles. The van der Waals surface area contributed by atoms with Crippen molar-refractivity contribution in [3.05, 3.63) is 79.0 Å². The van der Waals surface area contributed by atoms with Crippen LogP contribution in [0.3, 0.4) is 0 Å². The Hall–Kier alpha value is -2.05. The minimum atomic E-state index is -2.78. The van der Waals surface area contributed by atoms with E-state index in [-0.39, 0.29) is 0 Å². The summed E-state index contributed by atoms with van der Waals surface area (Å²) in [7, 11) is -2.78. The summed E-state index contributed by atoms with van der Waals surface area (Å²) in [6.45, 7) is 0. The van der Waals surface area contributed by atoms with Gasteiger partial charge in [-0.1, -0.05) is 60.7 Å². The number of nitrogens with one attached hydrogen (secondary N) is 1. The summed E-state index contributed by atoms with van der Waals surface area (Å²) in [5, 5.41) is 1.70. The van der Waals surface area contributed by atoms with Crippen LogP contribution in [-0.4, -0.2) is 4.98 Å². The van der Waals surface area contributed by atoms with Crippen LogP contribution in [0.5, 0.6) is 0 Å². The molecule has 3 aromatic rings. The zero-order valence-electron chi connectivity index (χ0n) is 10.4. The second-order valence-electron chi connectivity index (χ2n) is 4.34. The quantitative estimate of drug-likeness (QED) is 0.727. The summed E-state index contributed by atoms with van der Waals surface area (Å²) in [4.78, 5) is 3.11. The number of aromatic nitrogens is 1. The number of rotatable bonds is 3. The van der Waals surface area contributed by atoms with Crippen LogP contribution in [0.1, 0.15) is 0 Å². The van der Waals surface area contributed by atoms with Crippen LogP contribution in [0.4, 0.5) is 0 Å². The lowest BCUT2D eigenvalue weighted by Crippen LogP contribution is -2.25. The summed E-state index contributed by atoms with van der Waals surface area (Å²) < 4.78 is 13.6. The molecule has 0 aliphatic heterocycles. The van der Waals surface area contributed by atoms with Crippen LogP contribution in [0, 0.1) is 0 Å². The predicted molar refractivity (Wildman–Crippen MR) is 80.2 cm³/mol. The lowest BCUT2D eigenvalue weighted by Gasteiger charge is -2.18. The van der Waals surface area contributed by atoms with Gasteiger partial charge in [0.25, 0.3) is 0 Å². The summed E-state index contributed by atoms with van der Waals surface area (Å²) in [5.74, 6) is 0. The molecule has 0 spiro atoms. The van der Waals surface area contributed by atoms with Crippen LogP contribution >= 0.6 is 7.14 Å². The molecule has 19 heavy (non-hydrogen) atoms. The topological polar surface area (TPSA) is 32.9 Å². The van der Waals surface area contributed by atoms with Crippen molar-refractivity contribution >= 4 is 23.2 Å². The third kappa shape index (κ3) is 2.05. The average Bonchev–Trinajstić information content (AvgIpc) is 3.03. The largest absolute Gasteiger partial charge is 0.358 e. The molecule has 0 radical (unpaired) electrons. The van der Waals surface area contributed by atoms with Crippen molar-refractivity contribution in [2.24, 2.45) is 0 Å². The van der Waals surface area contributed by atoms with Crippen molar-refractivity contribution in [3.8, 4) is 0 Å². The fourth-order valence-corrected chi connectivity index (χ4v) is 4.81. The van der Waals surface area contributed by atoms with Gasteiger partial charge in [-0.05, 0) is 12.1 Å². The molecule has 1 heterocycles. The van der Waals surface area contributed by atoms with Crippen molar-refractivity contribution in [1.29, 1.82) is 0 Å². The molecule has 94 valence electrons. The van der Waals surface area contributed by atoms with Gasteiger partial charge >= 0.3 is 0 Å². The highest BCUT2D eigenvalue weighted by Gasteiger charge is 2.30. The maximum atomic E-state index is 13.6. The van der Waals surface area contributed by atoms with E-state index in [4.69, 9.17) is 0 Å². The minimum absolute atomic E-state index is 0.768. The molecule has 1 N–H and O–H groups in total. The van der Waals surface area contributed by atoms with Crippen molar-refractivity contribution in [2.75, 3.05) is 0 Å². The highest BCUT2D eigenvalue weighted by Crippen LogP contribution is 2.41. The number of hydrogen-bond acceptors (Lipinski definition) is 1. The number of hydrogen-bond donors (Lipinski definition) is 1. The monoisotopic (exact) mass is 267 g/mol. The Morgan fingerprint density at radius 3 is 1.63 bits per heavy atom. The summed E-state index contributed by atoms with van der Waals surface area (Å²) in [6, 6.07) is 23.0. The third-order valence-corrected chi connectivity index (χ3v) is 6.17. The van der Waals surface area contributed by atoms with Gasteiger partial charge in [-0.15, -0.1) is 0 Å². The standard InChI is InChI=1S/C16H14NOP/c18-19(16-12-7-13-17-16,14-8-3-1-4-9-14)15-10-5-2-6-11-15/h1-13,17H. The van der Waals surface area contributed by atoms with Gasteiger partial charge in [0.2, 0.25) is 0 Å². The molecule has 0 unspecified atom stereocenters. The Bertz CT molecular complexity index is 647. The molecule has 0 atom stereocenters. The summed E-state index contributed by atoms with van der Waals surface area (Å²) >= 11 is 0. The molecule has 3 heteroatoms. The smallest absolute Gasteiger partial charge is 0.186 e. The van der Waals surface area contributed by atoms with Crippen molar-refractivity contribution in [2.45, 2.75) is 0 Å². The Kier molecular flexibility index (Phi) is 3.10. The molecule has 0 bridgehead atoms. The van der Waals surface area contributed by atoms with E-state index in [1.807, 2.05) is 79.0 Å². The average molecular weight is 267 g/mol. The third-order valence-electron chi connectivity index (χ3n) is 3.16. The van der Waals surface area contributed by atoms with Gasteiger partial charge in [-0.3, -0.25) is 0 Å². The van der Waals surface area contributed by atoms with Gasteiger partial charge in [-0.25, -0.2) is 0 Å². The van der Waals surface area contributed by atoms with Gasteiger partial charge < -0.3 is 9.55 Å². The molecule has 0 amide bonds. The maximum Gasteiger partial charge on any atom is 0.186 e.